The molecule has 0 atom stereocenters. The van der Waals surface area contributed by atoms with Crippen LogP contribution in [-0.4, -0.2) is 72.7 Å². The number of amides is 1. The number of thiazole rings is 1. The Labute approximate surface area is 183 Å². The summed E-state index contributed by atoms with van der Waals surface area (Å²) in [7, 11) is -3.58. The fourth-order valence-corrected chi connectivity index (χ4v) is 5.85. The number of carbonyl (C=O) groups excluding carboxylic acids is 1. The molecule has 7 nitrogen and oxygen atoms in total. The lowest BCUT2D eigenvalue weighted by atomic mass is 10.2. The zero-order valence-corrected chi connectivity index (χ0v) is 19.5. The summed E-state index contributed by atoms with van der Waals surface area (Å²) in [6.45, 7) is 10.1. The van der Waals surface area contributed by atoms with E-state index in [0.717, 1.165) is 36.8 Å². The second-order valence-electron chi connectivity index (χ2n) is 7.27. The van der Waals surface area contributed by atoms with E-state index in [-0.39, 0.29) is 10.8 Å². The van der Waals surface area contributed by atoms with Crippen molar-refractivity contribution in [1.82, 2.24) is 19.1 Å². The van der Waals surface area contributed by atoms with Crippen LogP contribution in [0, 0.1) is 0 Å². The minimum absolute atomic E-state index is 0.117. The topological polar surface area (TPSA) is 73.8 Å². The Kier molecular flexibility index (Phi) is 7.62. The molecule has 0 bridgehead atoms. The third kappa shape index (κ3) is 5.08. The normalized spacial score (nSPS) is 15.7. The van der Waals surface area contributed by atoms with Crippen molar-refractivity contribution in [3.8, 4) is 0 Å². The molecule has 0 aliphatic carbocycles. The molecule has 1 saturated heterocycles. The van der Waals surface area contributed by atoms with Gasteiger partial charge >= 0.3 is 0 Å². The van der Waals surface area contributed by atoms with Crippen molar-refractivity contribution in [2.24, 2.45) is 0 Å². The molecular weight excluding hydrogens is 420 g/mol. The van der Waals surface area contributed by atoms with Crippen LogP contribution in [0.1, 0.15) is 41.8 Å². The Morgan fingerprint density at radius 3 is 2.43 bits per heavy atom. The number of piperazine rings is 1. The molecule has 9 heteroatoms. The molecule has 1 aromatic heterocycles. The van der Waals surface area contributed by atoms with E-state index < -0.39 is 10.0 Å². The summed E-state index contributed by atoms with van der Waals surface area (Å²) in [5.41, 5.74) is 1.51. The number of aryl methyl sites for hydroxylation is 1. The first-order chi connectivity index (χ1) is 14.4. The third-order valence-electron chi connectivity index (χ3n) is 5.37. The van der Waals surface area contributed by atoms with E-state index in [1.165, 1.54) is 10.4 Å². The maximum atomic E-state index is 13.0. The molecule has 2 heterocycles. The molecule has 3 rings (SSSR count). The SMILES string of the molecule is CCc1nc(CN2CCN(C(=O)c3cccc(S(=O)(=O)N(CC)CC)c3)CC2)cs1. The zero-order valence-electron chi connectivity index (χ0n) is 17.9. The summed E-state index contributed by atoms with van der Waals surface area (Å²) < 4.78 is 27.0. The van der Waals surface area contributed by atoms with Crippen molar-refractivity contribution in [2.75, 3.05) is 39.3 Å². The number of carbonyl (C=O) groups is 1. The fourth-order valence-electron chi connectivity index (χ4n) is 3.61. The van der Waals surface area contributed by atoms with Gasteiger partial charge in [0.15, 0.2) is 0 Å². The van der Waals surface area contributed by atoms with Crippen molar-refractivity contribution in [3.05, 3.63) is 45.9 Å². The van der Waals surface area contributed by atoms with Gasteiger partial charge in [0.1, 0.15) is 0 Å². The Balaban J connectivity index is 1.64. The lowest BCUT2D eigenvalue weighted by Gasteiger charge is -2.34. The molecule has 164 valence electrons. The molecule has 1 aromatic carbocycles. The van der Waals surface area contributed by atoms with E-state index in [1.54, 1.807) is 34.4 Å². The molecule has 1 aliphatic heterocycles. The summed E-state index contributed by atoms with van der Waals surface area (Å²) in [6, 6.07) is 6.40. The van der Waals surface area contributed by atoms with E-state index in [2.05, 4.69) is 22.2 Å². The van der Waals surface area contributed by atoms with Gasteiger partial charge in [-0.05, 0) is 24.6 Å². The first-order valence-electron chi connectivity index (χ1n) is 10.4. The van der Waals surface area contributed by atoms with Gasteiger partial charge in [-0.25, -0.2) is 13.4 Å². The number of benzene rings is 1. The molecule has 0 radical (unpaired) electrons. The van der Waals surface area contributed by atoms with Gasteiger partial charge in [0.05, 0.1) is 15.6 Å². The average Bonchev–Trinajstić information content (AvgIpc) is 3.22. The van der Waals surface area contributed by atoms with Crippen LogP contribution in [0.2, 0.25) is 0 Å². The summed E-state index contributed by atoms with van der Waals surface area (Å²) in [6.07, 6.45) is 0.954. The maximum Gasteiger partial charge on any atom is 0.253 e. The molecular formula is C21H30N4O3S2. The van der Waals surface area contributed by atoms with Crippen LogP contribution in [-0.2, 0) is 23.0 Å². The first kappa shape index (κ1) is 22.9. The monoisotopic (exact) mass is 450 g/mol. The summed E-state index contributed by atoms with van der Waals surface area (Å²) in [4.78, 5) is 21.9. The van der Waals surface area contributed by atoms with E-state index >= 15 is 0 Å². The molecule has 1 amide bonds. The Hall–Kier alpha value is -1.81. The first-order valence-corrected chi connectivity index (χ1v) is 12.8. The molecule has 2 aromatic rings. The Bertz CT molecular complexity index is 962. The molecule has 0 spiro atoms. The molecule has 0 saturated carbocycles. The summed E-state index contributed by atoms with van der Waals surface area (Å²) in [5.74, 6) is -0.117. The van der Waals surface area contributed by atoms with Crippen LogP contribution < -0.4 is 0 Å². The minimum atomic E-state index is -3.58. The van der Waals surface area contributed by atoms with E-state index in [0.29, 0.717) is 31.7 Å². The van der Waals surface area contributed by atoms with Crippen LogP contribution >= 0.6 is 11.3 Å². The highest BCUT2D eigenvalue weighted by molar-refractivity contribution is 7.89. The standard InChI is InChI=1S/C21H30N4O3S2/c1-4-20-22-18(16-29-20)15-23-10-12-24(13-11-23)21(26)17-8-7-9-19(14-17)30(27,28)25(5-2)6-3/h7-9,14,16H,4-6,10-13,15H2,1-3H3. The Morgan fingerprint density at radius 2 is 1.83 bits per heavy atom. The third-order valence-corrected chi connectivity index (χ3v) is 8.46. The van der Waals surface area contributed by atoms with Gasteiger partial charge in [-0.2, -0.15) is 4.31 Å². The van der Waals surface area contributed by atoms with Gasteiger partial charge in [-0.15, -0.1) is 11.3 Å². The fraction of sp³-hybridized carbons (Fsp3) is 0.524. The number of hydrogen-bond acceptors (Lipinski definition) is 6. The number of aromatic nitrogens is 1. The lowest BCUT2D eigenvalue weighted by molar-refractivity contribution is 0.0627. The summed E-state index contributed by atoms with van der Waals surface area (Å²) in [5, 5.41) is 3.26. The number of hydrogen-bond donors (Lipinski definition) is 0. The van der Waals surface area contributed by atoms with Crippen LogP contribution in [0.3, 0.4) is 0 Å². The van der Waals surface area contributed by atoms with Crippen LogP contribution in [0.5, 0.6) is 0 Å². The quantitative estimate of drug-likeness (QED) is 0.618. The van der Waals surface area contributed by atoms with Gasteiger partial charge in [0, 0.05) is 56.8 Å². The number of rotatable bonds is 8. The molecule has 0 unspecified atom stereocenters. The van der Waals surface area contributed by atoms with Crippen molar-refractivity contribution in [3.63, 3.8) is 0 Å². The highest BCUT2D eigenvalue weighted by Crippen LogP contribution is 2.19. The second kappa shape index (κ2) is 10.00. The van der Waals surface area contributed by atoms with Crippen molar-refractivity contribution < 1.29 is 13.2 Å². The highest BCUT2D eigenvalue weighted by atomic mass is 32.2. The van der Waals surface area contributed by atoms with Gasteiger partial charge in [0.2, 0.25) is 10.0 Å². The second-order valence-corrected chi connectivity index (χ2v) is 10.2. The van der Waals surface area contributed by atoms with E-state index in [9.17, 15) is 13.2 Å². The van der Waals surface area contributed by atoms with Gasteiger partial charge in [0.25, 0.3) is 5.91 Å². The predicted octanol–water partition coefficient (Wildman–Crippen LogP) is 2.69. The highest BCUT2D eigenvalue weighted by Gasteiger charge is 2.26. The van der Waals surface area contributed by atoms with Crippen LogP contribution in [0.4, 0.5) is 0 Å². The van der Waals surface area contributed by atoms with Gasteiger partial charge in [-0.1, -0.05) is 26.8 Å². The predicted molar refractivity (Wildman–Crippen MR) is 119 cm³/mol. The molecule has 1 aliphatic rings. The van der Waals surface area contributed by atoms with Crippen LogP contribution in [0.15, 0.2) is 34.5 Å². The largest absolute Gasteiger partial charge is 0.336 e. The van der Waals surface area contributed by atoms with E-state index in [1.807, 2.05) is 13.8 Å². The van der Waals surface area contributed by atoms with Crippen molar-refractivity contribution >= 4 is 27.3 Å². The van der Waals surface area contributed by atoms with Crippen molar-refractivity contribution in [1.29, 1.82) is 0 Å². The number of sulfonamides is 1. The number of nitrogens with zero attached hydrogens (tertiary/aromatic N) is 4. The average molecular weight is 451 g/mol. The van der Waals surface area contributed by atoms with Crippen molar-refractivity contribution in [2.45, 2.75) is 38.6 Å². The molecule has 1 fully saturated rings. The summed E-state index contributed by atoms with van der Waals surface area (Å²) >= 11 is 1.69. The smallest absolute Gasteiger partial charge is 0.253 e. The molecule has 30 heavy (non-hydrogen) atoms. The van der Waals surface area contributed by atoms with Gasteiger partial charge < -0.3 is 4.90 Å². The minimum Gasteiger partial charge on any atom is -0.336 e. The van der Waals surface area contributed by atoms with Crippen LogP contribution in [0.25, 0.3) is 0 Å². The maximum absolute atomic E-state index is 13.0. The molecule has 0 N–H and O–H groups in total. The zero-order chi connectivity index (χ0) is 21.7. The van der Waals surface area contributed by atoms with E-state index in [4.69, 9.17) is 0 Å². The lowest BCUT2D eigenvalue weighted by Crippen LogP contribution is -2.48. The van der Waals surface area contributed by atoms with Gasteiger partial charge in [-0.3, -0.25) is 9.69 Å². The Morgan fingerprint density at radius 1 is 1.13 bits per heavy atom.